The Hall–Kier alpha value is -3.62. The second-order valence-electron chi connectivity index (χ2n) is 7.47. The molecule has 1 saturated heterocycles. The zero-order chi connectivity index (χ0) is 23.4. The van der Waals surface area contributed by atoms with Crippen molar-refractivity contribution in [2.45, 2.75) is 6.36 Å². The van der Waals surface area contributed by atoms with Gasteiger partial charge in [-0.15, -0.1) is 13.2 Å². The number of hydrogen-bond acceptors (Lipinski definition) is 6. The van der Waals surface area contributed by atoms with Crippen molar-refractivity contribution in [3.63, 3.8) is 0 Å². The number of ether oxygens (including phenoxy) is 3. The zero-order valence-electron chi connectivity index (χ0n) is 18.3. The van der Waals surface area contributed by atoms with Crippen molar-refractivity contribution in [1.82, 2.24) is 4.98 Å². The molecule has 0 spiro atoms. The molecule has 0 unspecified atom stereocenters. The highest BCUT2D eigenvalue weighted by atomic mass is 19.4. The summed E-state index contributed by atoms with van der Waals surface area (Å²) < 4.78 is 52.0. The summed E-state index contributed by atoms with van der Waals surface area (Å²) in [5.41, 5.74) is 3.35. The fourth-order valence-electron chi connectivity index (χ4n) is 3.83. The van der Waals surface area contributed by atoms with E-state index in [0.29, 0.717) is 17.1 Å². The third-order valence-corrected chi connectivity index (χ3v) is 5.48. The van der Waals surface area contributed by atoms with Crippen molar-refractivity contribution in [3.8, 4) is 28.6 Å². The van der Waals surface area contributed by atoms with E-state index in [1.807, 2.05) is 30.3 Å². The molecule has 0 saturated carbocycles. The molecule has 33 heavy (non-hydrogen) atoms. The highest BCUT2D eigenvalue weighted by Gasteiger charge is 2.31. The second kappa shape index (κ2) is 9.48. The van der Waals surface area contributed by atoms with E-state index in [9.17, 15) is 13.2 Å². The predicted octanol–water partition coefficient (Wildman–Crippen LogP) is 4.99. The summed E-state index contributed by atoms with van der Waals surface area (Å²) in [6.45, 7) is 3.16. The molecule has 4 rings (SSSR count). The Labute approximate surface area is 190 Å². The number of halogens is 3. The maximum absolute atomic E-state index is 12.5. The maximum Gasteiger partial charge on any atom is 0.573 e. The minimum absolute atomic E-state index is 0.274. The van der Waals surface area contributed by atoms with Crippen LogP contribution in [0.4, 0.5) is 24.5 Å². The van der Waals surface area contributed by atoms with Gasteiger partial charge >= 0.3 is 6.36 Å². The SMILES string of the molecule is COc1ccc(N2CCN(c3ccc(OC)nc3-c3ccc(OC(F)(F)F)cc3)CC2)cc1. The lowest BCUT2D eigenvalue weighted by Crippen LogP contribution is -2.46. The number of piperazine rings is 1. The van der Waals surface area contributed by atoms with E-state index in [1.165, 1.54) is 19.2 Å². The maximum atomic E-state index is 12.5. The van der Waals surface area contributed by atoms with Gasteiger partial charge in [-0.25, -0.2) is 4.98 Å². The van der Waals surface area contributed by atoms with Crippen molar-refractivity contribution in [2.75, 3.05) is 50.2 Å². The summed E-state index contributed by atoms with van der Waals surface area (Å²) in [4.78, 5) is 9.11. The molecule has 0 atom stereocenters. The number of pyridine rings is 1. The molecule has 0 radical (unpaired) electrons. The lowest BCUT2D eigenvalue weighted by molar-refractivity contribution is -0.274. The van der Waals surface area contributed by atoms with E-state index in [1.54, 1.807) is 25.3 Å². The van der Waals surface area contributed by atoms with E-state index in [-0.39, 0.29) is 5.75 Å². The van der Waals surface area contributed by atoms with Crippen molar-refractivity contribution in [1.29, 1.82) is 0 Å². The summed E-state index contributed by atoms with van der Waals surface area (Å²) in [6.07, 6.45) is -4.73. The van der Waals surface area contributed by atoms with Gasteiger partial charge in [-0.2, -0.15) is 0 Å². The van der Waals surface area contributed by atoms with Gasteiger partial charge in [-0.1, -0.05) is 0 Å². The van der Waals surface area contributed by atoms with Gasteiger partial charge in [0, 0.05) is 43.5 Å². The van der Waals surface area contributed by atoms with Crippen LogP contribution < -0.4 is 24.0 Å². The molecular formula is C24H24F3N3O3. The normalized spacial score (nSPS) is 14.2. The minimum atomic E-state index is -4.73. The Bertz CT molecular complexity index is 1070. The highest BCUT2D eigenvalue weighted by molar-refractivity contribution is 5.76. The van der Waals surface area contributed by atoms with Crippen molar-refractivity contribution < 1.29 is 27.4 Å². The van der Waals surface area contributed by atoms with Crippen LogP contribution in [0.25, 0.3) is 11.3 Å². The van der Waals surface area contributed by atoms with Crippen LogP contribution in [0.1, 0.15) is 0 Å². The zero-order valence-corrected chi connectivity index (χ0v) is 18.3. The average molecular weight is 459 g/mol. The fraction of sp³-hybridized carbons (Fsp3) is 0.292. The van der Waals surface area contributed by atoms with Gasteiger partial charge in [-0.05, 0) is 54.6 Å². The average Bonchev–Trinajstić information content (AvgIpc) is 2.83. The van der Waals surface area contributed by atoms with Gasteiger partial charge in [0.25, 0.3) is 0 Å². The van der Waals surface area contributed by atoms with Crippen LogP contribution in [0.15, 0.2) is 60.7 Å². The molecule has 1 fully saturated rings. The van der Waals surface area contributed by atoms with Crippen LogP contribution in [0.5, 0.6) is 17.4 Å². The van der Waals surface area contributed by atoms with Crippen LogP contribution in [0.3, 0.4) is 0 Å². The molecule has 1 aliphatic heterocycles. The molecule has 0 bridgehead atoms. The first-order valence-electron chi connectivity index (χ1n) is 10.4. The summed E-state index contributed by atoms with van der Waals surface area (Å²) in [6, 6.07) is 17.4. The Morgan fingerprint density at radius 3 is 1.91 bits per heavy atom. The van der Waals surface area contributed by atoms with Crippen LogP contribution in [0, 0.1) is 0 Å². The molecular weight excluding hydrogens is 435 g/mol. The summed E-state index contributed by atoms with van der Waals surface area (Å²) in [5, 5.41) is 0. The summed E-state index contributed by atoms with van der Waals surface area (Å²) in [7, 11) is 3.17. The largest absolute Gasteiger partial charge is 0.573 e. The standard InChI is InChI=1S/C24H24F3N3O3/c1-31-19-9-5-18(6-10-19)29-13-15-30(16-14-29)21-11-12-22(32-2)28-23(21)17-3-7-20(8-4-17)33-24(25,26)27/h3-12H,13-16H2,1-2H3. The van der Waals surface area contributed by atoms with Crippen LogP contribution >= 0.6 is 0 Å². The van der Waals surface area contributed by atoms with Crippen LogP contribution in [-0.4, -0.2) is 51.7 Å². The molecule has 6 nitrogen and oxygen atoms in total. The van der Waals surface area contributed by atoms with Crippen molar-refractivity contribution >= 4 is 11.4 Å². The number of anilines is 2. The molecule has 9 heteroatoms. The molecule has 0 N–H and O–H groups in total. The van der Waals surface area contributed by atoms with E-state index >= 15 is 0 Å². The highest BCUT2D eigenvalue weighted by Crippen LogP contribution is 2.34. The number of benzene rings is 2. The summed E-state index contributed by atoms with van der Waals surface area (Å²) in [5.74, 6) is 0.975. The first-order valence-corrected chi connectivity index (χ1v) is 10.4. The molecule has 3 aromatic rings. The van der Waals surface area contributed by atoms with Gasteiger partial charge in [0.1, 0.15) is 11.5 Å². The predicted molar refractivity (Wildman–Crippen MR) is 120 cm³/mol. The number of hydrogen-bond donors (Lipinski definition) is 0. The fourth-order valence-corrected chi connectivity index (χ4v) is 3.83. The first-order chi connectivity index (χ1) is 15.9. The molecule has 0 aliphatic carbocycles. The van der Waals surface area contributed by atoms with Crippen molar-refractivity contribution in [3.05, 3.63) is 60.7 Å². The number of rotatable bonds is 6. The second-order valence-corrected chi connectivity index (χ2v) is 7.47. The van der Waals surface area contributed by atoms with Gasteiger partial charge in [0.05, 0.1) is 25.6 Å². The quantitative estimate of drug-likeness (QED) is 0.518. The van der Waals surface area contributed by atoms with E-state index in [0.717, 1.165) is 43.3 Å². The number of aromatic nitrogens is 1. The Morgan fingerprint density at radius 1 is 0.727 bits per heavy atom. The lowest BCUT2D eigenvalue weighted by Gasteiger charge is -2.38. The van der Waals surface area contributed by atoms with Gasteiger partial charge in [0.15, 0.2) is 0 Å². The Morgan fingerprint density at radius 2 is 1.33 bits per heavy atom. The molecule has 174 valence electrons. The third kappa shape index (κ3) is 5.42. The van der Waals surface area contributed by atoms with Gasteiger partial charge in [0.2, 0.25) is 5.88 Å². The lowest BCUT2D eigenvalue weighted by atomic mass is 10.1. The number of methoxy groups -OCH3 is 2. The molecule has 1 aliphatic rings. The van der Waals surface area contributed by atoms with E-state index < -0.39 is 6.36 Å². The van der Waals surface area contributed by atoms with Crippen LogP contribution in [0.2, 0.25) is 0 Å². The van der Waals surface area contributed by atoms with Gasteiger partial charge in [-0.3, -0.25) is 0 Å². The molecule has 1 aromatic heterocycles. The van der Waals surface area contributed by atoms with E-state index in [2.05, 4.69) is 19.5 Å². The Balaban J connectivity index is 1.53. The number of alkyl halides is 3. The number of nitrogens with zero attached hydrogens (tertiary/aromatic N) is 3. The van der Waals surface area contributed by atoms with E-state index in [4.69, 9.17) is 9.47 Å². The molecule has 2 heterocycles. The molecule has 2 aromatic carbocycles. The van der Waals surface area contributed by atoms with Crippen molar-refractivity contribution in [2.24, 2.45) is 0 Å². The van der Waals surface area contributed by atoms with Crippen LogP contribution in [-0.2, 0) is 0 Å². The third-order valence-electron chi connectivity index (χ3n) is 5.48. The smallest absolute Gasteiger partial charge is 0.497 e. The first kappa shape index (κ1) is 22.6. The topological polar surface area (TPSA) is 47.1 Å². The minimum Gasteiger partial charge on any atom is -0.497 e. The monoisotopic (exact) mass is 459 g/mol. The summed E-state index contributed by atoms with van der Waals surface area (Å²) >= 11 is 0. The molecule has 0 amide bonds. The van der Waals surface area contributed by atoms with Gasteiger partial charge < -0.3 is 24.0 Å². The Kier molecular flexibility index (Phi) is 6.48.